The normalized spacial score (nSPS) is 12.6. The summed E-state index contributed by atoms with van der Waals surface area (Å²) in [7, 11) is -3.49. The van der Waals surface area contributed by atoms with Crippen molar-refractivity contribution in [2.45, 2.75) is 31.6 Å². The monoisotopic (exact) mass is 295 g/mol. The van der Waals surface area contributed by atoms with E-state index in [2.05, 4.69) is 10.6 Å². The fourth-order valence-electron chi connectivity index (χ4n) is 1.67. The highest BCUT2D eigenvalue weighted by Crippen LogP contribution is 2.09. The van der Waals surface area contributed by atoms with Gasteiger partial charge in [-0.25, -0.2) is 17.9 Å². The van der Waals surface area contributed by atoms with E-state index in [4.69, 9.17) is 11.5 Å². The first-order valence-electron chi connectivity index (χ1n) is 6.13. The summed E-state index contributed by atoms with van der Waals surface area (Å²) in [6.07, 6.45) is 6.13. The molecule has 1 atom stereocenters. The number of rotatable bonds is 7. The summed E-state index contributed by atoms with van der Waals surface area (Å²) in [6.45, 7) is 1.85. The van der Waals surface area contributed by atoms with E-state index in [0.29, 0.717) is 18.4 Å². The Kier molecular flexibility index (Phi) is 5.74. The van der Waals surface area contributed by atoms with Crippen LogP contribution in [0, 0.1) is 12.3 Å². The second-order valence-electron chi connectivity index (χ2n) is 4.39. The average Bonchev–Trinajstić information content (AvgIpc) is 2.38. The van der Waals surface area contributed by atoms with E-state index in [1.54, 1.807) is 0 Å². The second kappa shape index (κ2) is 7.08. The Balaban J connectivity index is 2.75. The number of carboxylic acids is 1. The Morgan fingerprint density at radius 2 is 2.00 bits per heavy atom. The van der Waals surface area contributed by atoms with Crippen LogP contribution in [0.1, 0.15) is 35.7 Å². The third kappa shape index (κ3) is 5.03. The van der Waals surface area contributed by atoms with Gasteiger partial charge in [0.25, 0.3) is 0 Å². The van der Waals surface area contributed by atoms with Crippen LogP contribution in [-0.2, 0) is 15.8 Å². The van der Waals surface area contributed by atoms with Gasteiger partial charge in [0.2, 0.25) is 10.0 Å². The maximum Gasteiger partial charge on any atom is 0.335 e. The molecule has 0 aromatic heterocycles. The molecular weight excluding hydrogens is 278 g/mol. The Labute approximate surface area is 119 Å². The van der Waals surface area contributed by atoms with Gasteiger partial charge in [0.15, 0.2) is 0 Å². The minimum atomic E-state index is -3.49. The molecule has 0 saturated carbocycles. The highest BCUT2D eigenvalue weighted by molar-refractivity contribution is 7.88. The summed E-state index contributed by atoms with van der Waals surface area (Å²) >= 11 is 0. The molecule has 0 heterocycles. The quantitative estimate of drug-likeness (QED) is 0.749. The van der Waals surface area contributed by atoms with Crippen LogP contribution in [0.25, 0.3) is 0 Å². The van der Waals surface area contributed by atoms with E-state index in [-0.39, 0.29) is 17.4 Å². The molecule has 6 heteroatoms. The van der Waals surface area contributed by atoms with Crippen LogP contribution in [0.5, 0.6) is 0 Å². The van der Waals surface area contributed by atoms with Gasteiger partial charge >= 0.3 is 5.97 Å². The molecule has 0 fully saturated rings. The lowest BCUT2D eigenvalue weighted by molar-refractivity contribution is 0.0697. The lowest BCUT2D eigenvalue weighted by atomic mass is 10.1. The maximum atomic E-state index is 12.0. The van der Waals surface area contributed by atoms with E-state index >= 15 is 0 Å². The van der Waals surface area contributed by atoms with Crippen molar-refractivity contribution >= 4 is 16.0 Å². The van der Waals surface area contributed by atoms with Crippen molar-refractivity contribution in [3.8, 4) is 12.3 Å². The smallest absolute Gasteiger partial charge is 0.335 e. The lowest BCUT2D eigenvalue weighted by Gasteiger charge is -2.14. The van der Waals surface area contributed by atoms with Gasteiger partial charge in [-0.05, 0) is 24.1 Å². The van der Waals surface area contributed by atoms with Gasteiger partial charge < -0.3 is 5.11 Å². The fraction of sp³-hybridized carbons (Fsp3) is 0.357. The van der Waals surface area contributed by atoms with Gasteiger partial charge in [-0.2, -0.15) is 0 Å². The zero-order valence-corrected chi connectivity index (χ0v) is 12.0. The molecule has 108 valence electrons. The highest BCUT2D eigenvalue weighted by Gasteiger charge is 2.16. The average molecular weight is 295 g/mol. The Morgan fingerprint density at radius 3 is 2.45 bits per heavy atom. The molecular formula is C14H17NO4S. The molecule has 0 aliphatic carbocycles. The molecule has 1 aromatic carbocycles. The van der Waals surface area contributed by atoms with Crippen LogP contribution in [-0.4, -0.2) is 25.5 Å². The van der Waals surface area contributed by atoms with Crippen LogP contribution < -0.4 is 4.72 Å². The van der Waals surface area contributed by atoms with Gasteiger partial charge in [0.05, 0.1) is 11.3 Å². The molecule has 1 aromatic rings. The topological polar surface area (TPSA) is 83.5 Å². The van der Waals surface area contributed by atoms with E-state index in [9.17, 15) is 13.2 Å². The summed E-state index contributed by atoms with van der Waals surface area (Å²) < 4.78 is 26.5. The molecule has 1 unspecified atom stereocenters. The Hall–Kier alpha value is -1.84. The molecule has 0 saturated heterocycles. The summed E-state index contributed by atoms with van der Waals surface area (Å²) in [6, 6.07) is 5.47. The molecule has 0 radical (unpaired) electrons. The zero-order chi connectivity index (χ0) is 15.2. The molecule has 1 rings (SSSR count). The van der Waals surface area contributed by atoms with Gasteiger partial charge in [0.1, 0.15) is 0 Å². The minimum Gasteiger partial charge on any atom is -0.478 e. The van der Waals surface area contributed by atoms with Gasteiger partial charge in [-0.3, -0.25) is 0 Å². The predicted octanol–water partition coefficient (Wildman–Crippen LogP) is 1.61. The first-order valence-corrected chi connectivity index (χ1v) is 7.79. The van der Waals surface area contributed by atoms with Gasteiger partial charge in [0, 0.05) is 12.5 Å². The molecule has 5 nitrogen and oxygen atoms in total. The molecule has 0 spiro atoms. The van der Waals surface area contributed by atoms with Crippen molar-refractivity contribution in [1.82, 2.24) is 4.72 Å². The molecule has 20 heavy (non-hydrogen) atoms. The fourth-order valence-corrected chi connectivity index (χ4v) is 3.14. The third-order valence-electron chi connectivity index (χ3n) is 2.76. The second-order valence-corrected chi connectivity index (χ2v) is 6.15. The lowest BCUT2D eigenvalue weighted by Crippen LogP contribution is -2.34. The van der Waals surface area contributed by atoms with E-state index in [1.807, 2.05) is 6.92 Å². The number of hydrogen-bond donors (Lipinski definition) is 2. The molecule has 0 aliphatic heterocycles. The van der Waals surface area contributed by atoms with Crippen LogP contribution in [0.3, 0.4) is 0 Å². The first-order chi connectivity index (χ1) is 9.38. The minimum absolute atomic E-state index is 0.123. The summed E-state index contributed by atoms with van der Waals surface area (Å²) in [5.41, 5.74) is 0.649. The van der Waals surface area contributed by atoms with Crippen LogP contribution in [0.4, 0.5) is 0 Å². The van der Waals surface area contributed by atoms with Gasteiger partial charge in [-0.1, -0.05) is 19.1 Å². The largest absolute Gasteiger partial charge is 0.478 e. The summed E-state index contributed by atoms with van der Waals surface area (Å²) in [5.74, 6) is 1.19. The molecule has 2 N–H and O–H groups in total. The van der Waals surface area contributed by atoms with E-state index < -0.39 is 16.0 Å². The highest BCUT2D eigenvalue weighted by atomic mass is 32.2. The Bertz CT molecular complexity index is 599. The van der Waals surface area contributed by atoms with Crippen molar-refractivity contribution in [1.29, 1.82) is 0 Å². The Morgan fingerprint density at radius 1 is 1.40 bits per heavy atom. The number of sulfonamides is 1. The molecule has 0 bridgehead atoms. The molecule has 0 amide bonds. The number of carbonyl (C=O) groups is 1. The number of terminal acetylenes is 1. The third-order valence-corrected chi connectivity index (χ3v) is 4.17. The molecule has 0 aliphatic rings. The van der Waals surface area contributed by atoms with Crippen LogP contribution in [0.2, 0.25) is 0 Å². The number of benzene rings is 1. The van der Waals surface area contributed by atoms with E-state index in [1.165, 1.54) is 24.3 Å². The van der Waals surface area contributed by atoms with E-state index in [0.717, 1.165) is 0 Å². The SMILES string of the molecule is C#CCC(CC)NS(=O)(=O)Cc1ccc(C(=O)O)cc1. The van der Waals surface area contributed by atoms with Crippen LogP contribution >= 0.6 is 0 Å². The van der Waals surface area contributed by atoms with Crippen molar-refractivity contribution in [3.63, 3.8) is 0 Å². The first kappa shape index (κ1) is 16.2. The van der Waals surface area contributed by atoms with Crippen molar-refractivity contribution in [3.05, 3.63) is 35.4 Å². The standard InChI is InChI=1S/C14H17NO4S/c1-3-5-13(4-2)15-20(18,19)10-11-6-8-12(9-7-11)14(16)17/h1,6-9,13,15H,4-5,10H2,2H3,(H,16,17). The van der Waals surface area contributed by atoms with Gasteiger partial charge in [-0.15, -0.1) is 12.3 Å². The van der Waals surface area contributed by atoms with Crippen molar-refractivity contribution in [2.75, 3.05) is 0 Å². The summed E-state index contributed by atoms with van der Waals surface area (Å²) in [5, 5.41) is 8.77. The van der Waals surface area contributed by atoms with Crippen LogP contribution in [0.15, 0.2) is 24.3 Å². The number of nitrogens with one attached hydrogen (secondary N) is 1. The maximum absolute atomic E-state index is 12.0. The van der Waals surface area contributed by atoms with Crippen molar-refractivity contribution in [2.24, 2.45) is 0 Å². The number of carboxylic acid groups (broad SMARTS) is 1. The van der Waals surface area contributed by atoms with Crippen molar-refractivity contribution < 1.29 is 18.3 Å². The predicted molar refractivity (Wildman–Crippen MR) is 76.7 cm³/mol. The number of aromatic carboxylic acids is 1. The summed E-state index contributed by atoms with van der Waals surface area (Å²) in [4.78, 5) is 10.7. The zero-order valence-electron chi connectivity index (χ0n) is 11.2. The number of hydrogen-bond acceptors (Lipinski definition) is 3.